The van der Waals surface area contributed by atoms with Crippen molar-refractivity contribution in [1.29, 1.82) is 0 Å². The van der Waals surface area contributed by atoms with E-state index in [0.29, 0.717) is 11.8 Å². The maximum atomic E-state index is 11.6. The normalized spacial score (nSPS) is 18.5. The Bertz CT molecular complexity index is 71.2. The zero-order valence-electron chi connectivity index (χ0n) is 3.19. The Kier molecular flexibility index (Phi) is 0.670. The third-order valence-corrected chi connectivity index (χ3v) is 0.596. The molecule has 0 aliphatic carbocycles. The van der Waals surface area contributed by atoms with Gasteiger partial charge in [0.1, 0.15) is 6.67 Å². The van der Waals surface area contributed by atoms with E-state index in [1.165, 1.54) is 6.20 Å². The molecule has 1 heterocycles. The van der Waals surface area contributed by atoms with Crippen LogP contribution in [0.1, 0.15) is 0 Å². The van der Waals surface area contributed by atoms with Crippen LogP contribution in [-0.2, 0) is 0 Å². The van der Waals surface area contributed by atoms with Gasteiger partial charge < -0.3 is 5.32 Å². The van der Waals surface area contributed by atoms with Gasteiger partial charge in [-0.3, -0.25) is 0 Å². The van der Waals surface area contributed by atoms with Crippen molar-refractivity contribution in [3.8, 4) is 0 Å². The summed E-state index contributed by atoms with van der Waals surface area (Å²) in [5.74, 6) is 0. The summed E-state index contributed by atoms with van der Waals surface area (Å²) in [7, 11) is 0. The lowest BCUT2D eigenvalue weighted by atomic mass is 11.0. The SMILES string of the molecule is FN1C=CNC1. The molecule has 2 nitrogen and oxygen atoms in total. The molecule has 0 saturated heterocycles. The molecule has 0 amide bonds. The predicted molar refractivity (Wildman–Crippen MR) is 20.1 cm³/mol. The smallest absolute Gasteiger partial charge is 0.118 e. The van der Waals surface area contributed by atoms with E-state index in [0.717, 1.165) is 0 Å². The van der Waals surface area contributed by atoms with Gasteiger partial charge in [0.2, 0.25) is 0 Å². The number of nitrogens with one attached hydrogen (secondary N) is 1. The molecule has 0 aromatic carbocycles. The number of hydrogen-bond donors (Lipinski definition) is 1. The molecule has 1 N–H and O–H groups in total. The van der Waals surface area contributed by atoms with Gasteiger partial charge in [-0.2, -0.15) is 5.12 Å². The lowest BCUT2D eigenvalue weighted by Gasteiger charge is -1.95. The fourth-order valence-corrected chi connectivity index (χ4v) is 0.326. The van der Waals surface area contributed by atoms with Crippen molar-refractivity contribution in [1.82, 2.24) is 10.4 Å². The summed E-state index contributed by atoms with van der Waals surface area (Å²) in [6.45, 7) is 0.292. The highest BCUT2D eigenvalue weighted by Gasteiger charge is 1.95. The van der Waals surface area contributed by atoms with Crippen LogP contribution in [0.5, 0.6) is 0 Å². The third kappa shape index (κ3) is 0.429. The zero-order valence-corrected chi connectivity index (χ0v) is 3.19. The van der Waals surface area contributed by atoms with E-state index in [-0.39, 0.29) is 0 Å². The topological polar surface area (TPSA) is 15.3 Å². The van der Waals surface area contributed by atoms with Crippen LogP contribution in [0.4, 0.5) is 4.48 Å². The quantitative estimate of drug-likeness (QED) is 0.426. The highest BCUT2D eigenvalue weighted by molar-refractivity contribution is 4.81. The summed E-state index contributed by atoms with van der Waals surface area (Å²) in [6, 6.07) is 0. The summed E-state index contributed by atoms with van der Waals surface area (Å²) >= 11 is 0. The molecular formula is C3H5FN2. The molecule has 34 valence electrons. The van der Waals surface area contributed by atoms with Crippen LogP contribution >= 0.6 is 0 Å². The maximum Gasteiger partial charge on any atom is 0.118 e. The first-order valence-electron chi connectivity index (χ1n) is 1.72. The lowest BCUT2D eigenvalue weighted by molar-refractivity contribution is 0.0978. The first kappa shape index (κ1) is 3.46. The molecule has 6 heavy (non-hydrogen) atoms. The van der Waals surface area contributed by atoms with Crippen molar-refractivity contribution in [3.63, 3.8) is 0 Å². The minimum Gasteiger partial charge on any atom is -0.370 e. The van der Waals surface area contributed by atoms with E-state index < -0.39 is 0 Å². The molecule has 3 heteroatoms. The second kappa shape index (κ2) is 1.16. The van der Waals surface area contributed by atoms with E-state index in [1.54, 1.807) is 6.20 Å². The minimum atomic E-state index is 0.292. The van der Waals surface area contributed by atoms with Crippen molar-refractivity contribution >= 4 is 0 Å². The lowest BCUT2D eigenvalue weighted by Crippen LogP contribution is -2.10. The van der Waals surface area contributed by atoms with Gasteiger partial charge in [0, 0.05) is 6.20 Å². The van der Waals surface area contributed by atoms with Gasteiger partial charge in [-0.05, 0) is 0 Å². The fourth-order valence-electron chi connectivity index (χ4n) is 0.326. The van der Waals surface area contributed by atoms with E-state index in [9.17, 15) is 4.48 Å². The van der Waals surface area contributed by atoms with Crippen molar-refractivity contribution in [3.05, 3.63) is 12.4 Å². The largest absolute Gasteiger partial charge is 0.370 e. The van der Waals surface area contributed by atoms with Gasteiger partial charge in [0.05, 0.1) is 6.20 Å². The summed E-state index contributed by atoms with van der Waals surface area (Å²) in [5, 5.41) is 3.21. The van der Waals surface area contributed by atoms with Gasteiger partial charge in [-0.15, -0.1) is 0 Å². The predicted octanol–water partition coefficient (Wildman–Crippen LogP) is 0.205. The molecule has 1 rings (SSSR count). The highest BCUT2D eigenvalue weighted by atomic mass is 19.2. The van der Waals surface area contributed by atoms with E-state index >= 15 is 0 Å². The van der Waals surface area contributed by atoms with Gasteiger partial charge in [-0.1, -0.05) is 4.48 Å². The first-order chi connectivity index (χ1) is 2.89. The van der Waals surface area contributed by atoms with E-state index in [4.69, 9.17) is 0 Å². The first-order valence-corrected chi connectivity index (χ1v) is 1.72. The summed E-state index contributed by atoms with van der Waals surface area (Å²) in [4.78, 5) is 0. The standard InChI is InChI=1S/C3H5FN2/c4-6-2-1-5-3-6/h1-2,5H,3H2. The Morgan fingerprint density at radius 3 is 2.83 bits per heavy atom. The van der Waals surface area contributed by atoms with Gasteiger partial charge in [0.15, 0.2) is 0 Å². The fraction of sp³-hybridized carbons (Fsp3) is 0.333. The van der Waals surface area contributed by atoms with Crippen molar-refractivity contribution in [2.45, 2.75) is 0 Å². The van der Waals surface area contributed by atoms with Gasteiger partial charge >= 0.3 is 0 Å². The molecule has 0 radical (unpaired) electrons. The zero-order chi connectivity index (χ0) is 4.41. The molecule has 0 aromatic rings. The Morgan fingerprint density at radius 1 is 1.83 bits per heavy atom. The van der Waals surface area contributed by atoms with Crippen LogP contribution in [0.2, 0.25) is 0 Å². The van der Waals surface area contributed by atoms with Crippen molar-refractivity contribution in [2.24, 2.45) is 0 Å². The van der Waals surface area contributed by atoms with Crippen LogP contribution in [0, 0.1) is 0 Å². The molecular weight excluding hydrogens is 83.0 g/mol. The monoisotopic (exact) mass is 88.0 g/mol. The Balaban J connectivity index is 2.38. The molecule has 0 aromatic heterocycles. The van der Waals surface area contributed by atoms with Crippen LogP contribution in [0.3, 0.4) is 0 Å². The minimum absolute atomic E-state index is 0.292. The van der Waals surface area contributed by atoms with Gasteiger partial charge in [-0.25, -0.2) is 0 Å². The number of halogens is 1. The van der Waals surface area contributed by atoms with Crippen molar-refractivity contribution in [2.75, 3.05) is 6.67 Å². The van der Waals surface area contributed by atoms with Crippen LogP contribution in [0.15, 0.2) is 12.4 Å². The maximum absolute atomic E-state index is 11.6. The second-order valence-electron chi connectivity index (χ2n) is 1.08. The molecule has 0 saturated carbocycles. The average Bonchev–Trinajstić information content (AvgIpc) is 1.86. The van der Waals surface area contributed by atoms with Gasteiger partial charge in [0.25, 0.3) is 0 Å². The van der Waals surface area contributed by atoms with Crippen LogP contribution < -0.4 is 5.32 Å². The third-order valence-electron chi connectivity index (χ3n) is 0.596. The summed E-state index contributed by atoms with van der Waals surface area (Å²) in [6.07, 6.45) is 2.89. The summed E-state index contributed by atoms with van der Waals surface area (Å²) < 4.78 is 11.6. The molecule has 1 aliphatic heterocycles. The molecule has 0 unspecified atom stereocenters. The Labute approximate surface area is 35.2 Å². The number of nitrogens with zero attached hydrogens (tertiary/aromatic N) is 1. The molecule has 0 spiro atoms. The molecule has 0 atom stereocenters. The van der Waals surface area contributed by atoms with Crippen LogP contribution in [-0.4, -0.2) is 11.8 Å². The summed E-state index contributed by atoms with van der Waals surface area (Å²) in [5.41, 5.74) is 0. The Hall–Kier alpha value is -0.730. The van der Waals surface area contributed by atoms with Crippen molar-refractivity contribution < 1.29 is 4.48 Å². The number of rotatable bonds is 0. The molecule has 1 aliphatic rings. The molecule has 0 bridgehead atoms. The van der Waals surface area contributed by atoms with Crippen LogP contribution in [0.25, 0.3) is 0 Å². The Morgan fingerprint density at radius 2 is 2.67 bits per heavy atom. The van der Waals surface area contributed by atoms with E-state index in [2.05, 4.69) is 5.32 Å². The second-order valence-corrected chi connectivity index (χ2v) is 1.08. The number of hydrogen-bond acceptors (Lipinski definition) is 2. The highest BCUT2D eigenvalue weighted by Crippen LogP contribution is 1.91. The van der Waals surface area contributed by atoms with E-state index in [1.807, 2.05) is 0 Å². The average molecular weight is 88.1 g/mol. The molecule has 0 fully saturated rings.